The van der Waals surface area contributed by atoms with E-state index in [1.54, 1.807) is 19.2 Å². The third kappa shape index (κ3) is 5.81. The molecule has 2 heterocycles. The molecule has 0 aromatic heterocycles. The number of hydroxylamine groups is 1. The van der Waals surface area contributed by atoms with E-state index in [2.05, 4.69) is 17.4 Å². The summed E-state index contributed by atoms with van der Waals surface area (Å²) in [7, 11) is 1.66. The van der Waals surface area contributed by atoms with Crippen LogP contribution in [0.4, 0.5) is 0 Å². The summed E-state index contributed by atoms with van der Waals surface area (Å²) < 4.78 is -0.547. The van der Waals surface area contributed by atoms with Crippen molar-refractivity contribution < 1.29 is 24.3 Å². The third-order valence-corrected chi connectivity index (χ3v) is 7.24. The number of amides is 3. The van der Waals surface area contributed by atoms with E-state index in [1.165, 1.54) is 21.6 Å². The van der Waals surface area contributed by atoms with Gasteiger partial charge >= 0.3 is 0 Å². The zero-order chi connectivity index (χ0) is 24.9. The maximum Gasteiger partial charge on any atom is 0.289 e. The molecular formula is C24H32N4O5S. The van der Waals surface area contributed by atoms with Gasteiger partial charge in [-0.05, 0) is 31.9 Å². The van der Waals surface area contributed by atoms with E-state index in [9.17, 15) is 19.5 Å². The van der Waals surface area contributed by atoms with Gasteiger partial charge in [0.25, 0.3) is 11.8 Å². The number of aliphatic hydroxyl groups excluding tert-OH is 1. The number of aliphatic hydroxyl groups is 1. The molecule has 0 bridgehead atoms. The molecule has 3 atom stereocenters. The number of hydrogen-bond donors (Lipinski definition) is 3. The molecule has 10 heteroatoms. The van der Waals surface area contributed by atoms with Gasteiger partial charge in [-0.3, -0.25) is 14.4 Å². The summed E-state index contributed by atoms with van der Waals surface area (Å²) in [5.41, 5.74) is 3.42. The number of hydrogen-bond acceptors (Lipinski definition) is 7. The summed E-state index contributed by atoms with van der Waals surface area (Å²) >= 11 is 1.47. The summed E-state index contributed by atoms with van der Waals surface area (Å²) in [5.74, 6) is -1.04. The number of likely N-dealkylation sites (N-methyl/N-ethyl adjacent to an activating group) is 1. The quantitative estimate of drug-likeness (QED) is 0.441. The minimum Gasteiger partial charge on any atom is -0.403 e. The standard InChI is InChI=1S/C24H32N4O5S/c1-5-13-27(4)23(32)20-24(2,3)34-15-28(20)22(31)19(29)17(14-16-9-7-6-8-10-16)26-21(30)18-11-12-25-33-18/h5-11,17,19-20,25,29H,1,12-15H2,2-4H3,(H,26,30)/t17-,19-,20+/m0/s1. The predicted octanol–water partition coefficient (Wildman–Crippen LogP) is 0.818. The first-order valence-corrected chi connectivity index (χ1v) is 12.1. The van der Waals surface area contributed by atoms with Gasteiger partial charge in [-0.15, -0.1) is 18.3 Å². The Bertz CT molecular complexity index is 952. The molecule has 2 aliphatic rings. The van der Waals surface area contributed by atoms with Crippen LogP contribution in [0.1, 0.15) is 19.4 Å². The average molecular weight is 489 g/mol. The highest BCUT2D eigenvalue weighted by molar-refractivity contribution is 8.00. The summed E-state index contributed by atoms with van der Waals surface area (Å²) in [5, 5.41) is 13.9. The van der Waals surface area contributed by atoms with Crippen LogP contribution in [-0.2, 0) is 25.6 Å². The minimum absolute atomic E-state index is 0.0784. The van der Waals surface area contributed by atoms with E-state index in [4.69, 9.17) is 4.84 Å². The van der Waals surface area contributed by atoms with Crippen LogP contribution >= 0.6 is 11.8 Å². The van der Waals surface area contributed by atoms with Gasteiger partial charge in [-0.2, -0.15) is 5.48 Å². The number of benzene rings is 1. The number of thioether (sulfide) groups is 1. The van der Waals surface area contributed by atoms with Crippen LogP contribution in [0.15, 0.2) is 54.8 Å². The fraction of sp³-hybridized carbons (Fsp3) is 0.458. The molecule has 184 valence electrons. The molecule has 2 aliphatic heterocycles. The molecule has 0 radical (unpaired) electrons. The zero-order valence-corrected chi connectivity index (χ0v) is 20.5. The molecule has 1 saturated heterocycles. The smallest absolute Gasteiger partial charge is 0.289 e. The summed E-state index contributed by atoms with van der Waals surface area (Å²) in [6, 6.07) is 7.58. The molecule has 0 aliphatic carbocycles. The second-order valence-corrected chi connectivity index (χ2v) is 10.4. The van der Waals surface area contributed by atoms with E-state index < -0.39 is 34.7 Å². The second kappa shape index (κ2) is 11.1. The van der Waals surface area contributed by atoms with E-state index in [0.29, 0.717) is 13.1 Å². The molecule has 1 fully saturated rings. The Hall–Kier alpha value is -2.82. The van der Waals surface area contributed by atoms with Crippen LogP contribution in [0.5, 0.6) is 0 Å². The van der Waals surface area contributed by atoms with Crippen molar-refractivity contribution in [2.24, 2.45) is 0 Å². The molecule has 1 aromatic rings. The summed E-state index contributed by atoms with van der Waals surface area (Å²) in [4.78, 5) is 47.4. The lowest BCUT2D eigenvalue weighted by atomic mass is 9.97. The average Bonchev–Trinajstić information content (AvgIpc) is 3.46. The van der Waals surface area contributed by atoms with E-state index in [-0.39, 0.29) is 24.0 Å². The first kappa shape index (κ1) is 25.8. The largest absolute Gasteiger partial charge is 0.403 e. The van der Waals surface area contributed by atoms with E-state index in [1.807, 2.05) is 44.2 Å². The summed E-state index contributed by atoms with van der Waals surface area (Å²) in [6.45, 7) is 8.21. The van der Waals surface area contributed by atoms with Gasteiger partial charge in [0.1, 0.15) is 6.04 Å². The van der Waals surface area contributed by atoms with Gasteiger partial charge in [0.05, 0.1) is 18.5 Å². The van der Waals surface area contributed by atoms with Gasteiger partial charge in [0, 0.05) is 18.3 Å². The molecule has 1 aromatic carbocycles. The fourth-order valence-corrected chi connectivity index (χ4v) is 5.14. The Kier molecular flexibility index (Phi) is 8.40. The van der Waals surface area contributed by atoms with Crippen molar-refractivity contribution in [3.8, 4) is 0 Å². The Balaban J connectivity index is 1.83. The molecule has 3 rings (SSSR count). The number of nitrogens with zero attached hydrogens (tertiary/aromatic N) is 2. The van der Waals surface area contributed by atoms with Crippen LogP contribution in [0, 0.1) is 0 Å². The van der Waals surface area contributed by atoms with E-state index in [0.717, 1.165) is 5.56 Å². The summed E-state index contributed by atoms with van der Waals surface area (Å²) in [6.07, 6.45) is 1.86. The molecule has 0 spiro atoms. The highest BCUT2D eigenvalue weighted by Crippen LogP contribution is 2.40. The highest BCUT2D eigenvalue weighted by atomic mass is 32.2. The van der Waals surface area contributed by atoms with Gasteiger partial charge in [-0.1, -0.05) is 36.4 Å². The Morgan fingerprint density at radius 1 is 1.38 bits per heavy atom. The van der Waals surface area contributed by atoms with Crippen molar-refractivity contribution in [2.45, 2.75) is 43.2 Å². The molecule has 34 heavy (non-hydrogen) atoms. The molecular weight excluding hydrogens is 456 g/mol. The second-order valence-electron chi connectivity index (χ2n) is 8.83. The zero-order valence-electron chi connectivity index (χ0n) is 19.7. The topological polar surface area (TPSA) is 111 Å². The maximum absolute atomic E-state index is 13.5. The van der Waals surface area contributed by atoms with Crippen LogP contribution in [-0.4, -0.2) is 81.6 Å². The van der Waals surface area contributed by atoms with Crippen molar-refractivity contribution in [1.82, 2.24) is 20.6 Å². The molecule has 3 amide bonds. The molecule has 3 N–H and O–H groups in total. The molecule has 0 saturated carbocycles. The van der Waals surface area contributed by atoms with Crippen LogP contribution < -0.4 is 10.8 Å². The number of rotatable bonds is 9. The van der Waals surface area contributed by atoms with Crippen molar-refractivity contribution >= 4 is 29.5 Å². The van der Waals surface area contributed by atoms with Crippen LogP contribution in [0.3, 0.4) is 0 Å². The number of carbonyl (C=O) groups is 3. The SMILES string of the molecule is C=CCN(C)C(=O)[C@H]1N(C(=O)[C@@H](O)[C@H](Cc2ccccc2)NC(=O)C2=CCNO2)CSC1(C)C. The lowest BCUT2D eigenvalue weighted by Crippen LogP contribution is -2.59. The normalized spacial score (nSPS) is 20.6. The number of carbonyl (C=O) groups excluding carboxylic acids is 3. The van der Waals surface area contributed by atoms with Crippen molar-refractivity contribution in [1.29, 1.82) is 0 Å². The van der Waals surface area contributed by atoms with Crippen LogP contribution in [0.2, 0.25) is 0 Å². The number of nitrogens with one attached hydrogen (secondary N) is 2. The first-order chi connectivity index (χ1) is 16.2. The van der Waals surface area contributed by atoms with Gasteiger partial charge in [0.2, 0.25) is 11.7 Å². The lowest BCUT2D eigenvalue weighted by Gasteiger charge is -2.35. The monoisotopic (exact) mass is 488 g/mol. The lowest BCUT2D eigenvalue weighted by molar-refractivity contribution is -0.150. The van der Waals surface area contributed by atoms with Gasteiger partial charge in [-0.25, -0.2) is 0 Å². The van der Waals surface area contributed by atoms with Gasteiger partial charge < -0.3 is 25.1 Å². The van der Waals surface area contributed by atoms with E-state index >= 15 is 0 Å². The molecule has 9 nitrogen and oxygen atoms in total. The predicted molar refractivity (Wildman–Crippen MR) is 130 cm³/mol. The van der Waals surface area contributed by atoms with Crippen molar-refractivity contribution in [3.63, 3.8) is 0 Å². The fourth-order valence-electron chi connectivity index (χ4n) is 4.00. The van der Waals surface area contributed by atoms with Crippen LogP contribution in [0.25, 0.3) is 0 Å². The van der Waals surface area contributed by atoms with Crippen molar-refractivity contribution in [2.75, 3.05) is 26.0 Å². The third-order valence-electron chi connectivity index (χ3n) is 5.87. The highest BCUT2D eigenvalue weighted by Gasteiger charge is 2.50. The van der Waals surface area contributed by atoms with Crippen molar-refractivity contribution in [3.05, 3.63) is 60.4 Å². The minimum atomic E-state index is -1.56. The maximum atomic E-state index is 13.5. The molecule has 0 unspecified atom stereocenters. The Morgan fingerprint density at radius 2 is 2.09 bits per heavy atom. The Morgan fingerprint density at radius 3 is 2.71 bits per heavy atom. The van der Waals surface area contributed by atoms with Gasteiger partial charge in [0.15, 0.2) is 6.10 Å². The first-order valence-electron chi connectivity index (χ1n) is 11.1. The Labute approximate surface area is 204 Å².